The Morgan fingerprint density at radius 1 is 1.24 bits per heavy atom. The van der Waals surface area contributed by atoms with E-state index >= 15 is 0 Å². The van der Waals surface area contributed by atoms with Crippen LogP contribution in [0.2, 0.25) is 0 Å². The van der Waals surface area contributed by atoms with Crippen molar-refractivity contribution in [3.05, 3.63) is 53.3 Å². The van der Waals surface area contributed by atoms with Gasteiger partial charge in [0.15, 0.2) is 0 Å². The third-order valence-electron chi connectivity index (χ3n) is 3.77. The number of benzene rings is 1. The van der Waals surface area contributed by atoms with Gasteiger partial charge in [0.1, 0.15) is 34.6 Å². The summed E-state index contributed by atoms with van der Waals surface area (Å²) < 4.78 is 6.53. The monoisotopic (exact) mass is 391 g/mol. The van der Waals surface area contributed by atoms with E-state index in [4.69, 9.17) is 10.5 Å². The number of ether oxygens (including phenoxy) is 1. The molecule has 0 spiro atoms. The molecule has 0 fully saturated rings. The molecule has 2 aromatic heterocycles. The smallest absolute Gasteiger partial charge is 0.344 e. The fourth-order valence-corrected chi connectivity index (χ4v) is 2.44. The highest BCUT2D eigenvalue weighted by atomic mass is 16.6. The summed E-state index contributed by atoms with van der Waals surface area (Å²) >= 11 is 0. The Kier molecular flexibility index (Phi) is 5.19. The van der Waals surface area contributed by atoms with Crippen molar-refractivity contribution in [1.82, 2.24) is 19.7 Å². The number of nitrogens with one attached hydrogen (secondary N) is 1. The van der Waals surface area contributed by atoms with Crippen LogP contribution in [-0.4, -0.2) is 31.3 Å². The molecular weight excluding hydrogens is 370 g/mol. The molecule has 1 aromatic carbocycles. The third-order valence-corrected chi connectivity index (χ3v) is 3.77. The van der Waals surface area contributed by atoms with Crippen LogP contribution in [0.3, 0.4) is 0 Å². The molecule has 3 N–H and O–H groups in total. The molecule has 0 amide bonds. The first-order valence-electron chi connectivity index (χ1n) is 8.86. The van der Waals surface area contributed by atoms with Gasteiger partial charge in [0, 0.05) is 11.8 Å². The van der Waals surface area contributed by atoms with Crippen LogP contribution in [0.5, 0.6) is 0 Å². The van der Waals surface area contributed by atoms with Gasteiger partial charge in [0.25, 0.3) is 5.95 Å². The highest BCUT2D eigenvalue weighted by molar-refractivity contribution is 5.94. The number of carbonyl (C=O) groups is 1. The van der Waals surface area contributed by atoms with Crippen molar-refractivity contribution >= 4 is 23.3 Å². The molecule has 0 unspecified atom stereocenters. The van der Waals surface area contributed by atoms with Crippen molar-refractivity contribution in [2.45, 2.75) is 33.3 Å². The minimum atomic E-state index is -0.673. The molecule has 148 valence electrons. The molecule has 0 bridgehead atoms. The van der Waals surface area contributed by atoms with Gasteiger partial charge in [0.2, 0.25) is 0 Å². The Labute approximate surface area is 168 Å². The maximum atomic E-state index is 12.3. The lowest BCUT2D eigenvalue weighted by Crippen LogP contribution is -2.24. The van der Waals surface area contributed by atoms with E-state index < -0.39 is 11.6 Å². The van der Waals surface area contributed by atoms with Crippen molar-refractivity contribution in [3.63, 3.8) is 0 Å². The fraction of sp³-hybridized carbons (Fsp3) is 0.250. The van der Waals surface area contributed by atoms with E-state index in [2.05, 4.69) is 20.4 Å². The Bertz CT molecular complexity index is 1090. The maximum absolute atomic E-state index is 12.3. The second-order valence-corrected chi connectivity index (χ2v) is 7.40. The number of nitriles is 1. The van der Waals surface area contributed by atoms with Crippen LogP contribution < -0.4 is 11.1 Å². The van der Waals surface area contributed by atoms with Crippen LogP contribution in [0.25, 0.3) is 5.95 Å². The van der Waals surface area contributed by atoms with E-state index in [0.29, 0.717) is 5.82 Å². The van der Waals surface area contributed by atoms with Crippen LogP contribution in [0.15, 0.2) is 36.5 Å². The number of aryl methyl sites for hydroxylation is 1. The van der Waals surface area contributed by atoms with E-state index in [1.165, 1.54) is 16.9 Å². The molecule has 9 heteroatoms. The molecular formula is C20H21N7O2. The Morgan fingerprint density at radius 3 is 2.55 bits per heavy atom. The van der Waals surface area contributed by atoms with E-state index in [0.717, 1.165) is 11.3 Å². The van der Waals surface area contributed by atoms with E-state index in [-0.39, 0.29) is 23.0 Å². The summed E-state index contributed by atoms with van der Waals surface area (Å²) in [6.45, 7) is 7.26. The molecule has 0 atom stereocenters. The zero-order chi connectivity index (χ0) is 21.2. The second kappa shape index (κ2) is 7.59. The zero-order valence-electron chi connectivity index (χ0n) is 16.6. The number of aromatic nitrogens is 4. The zero-order valence-corrected chi connectivity index (χ0v) is 16.6. The average molecular weight is 391 g/mol. The van der Waals surface area contributed by atoms with Crippen LogP contribution in [-0.2, 0) is 4.74 Å². The van der Waals surface area contributed by atoms with E-state index in [1.54, 1.807) is 20.8 Å². The molecule has 2 heterocycles. The number of anilines is 3. The molecule has 9 nitrogen and oxygen atoms in total. The molecule has 0 saturated carbocycles. The minimum absolute atomic E-state index is 0.0237. The maximum Gasteiger partial charge on any atom is 0.344 e. The van der Waals surface area contributed by atoms with Gasteiger partial charge < -0.3 is 15.8 Å². The predicted molar refractivity (Wildman–Crippen MR) is 108 cm³/mol. The van der Waals surface area contributed by atoms with Gasteiger partial charge in [-0.15, -0.1) is 0 Å². The SMILES string of the molecule is Cc1ccc(Nc2cc(C#N)nc(-n3ncc(C(=O)OC(C)(C)C)c3N)n2)cc1. The topological polar surface area (TPSA) is 132 Å². The number of hydrogen-bond donors (Lipinski definition) is 2. The van der Waals surface area contributed by atoms with Crippen LogP contribution >= 0.6 is 0 Å². The largest absolute Gasteiger partial charge is 0.456 e. The Hall–Kier alpha value is -3.93. The highest BCUT2D eigenvalue weighted by Crippen LogP contribution is 2.21. The first-order chi connectivity index (χ1) is 13.7. The molecule has 29 heavy (non-hydrogen) atoms. The average Bonchev–Trinajstić information content (AvgIpc) is 3.03. The van der Waals surface area contributed by atoms with Gasteiger partial charge in [-0.25, -0.2) is 4.79 Å². The first-order valence-corrected chi connectivity index (χ1v) is 8.86. The molecule has 0 aliphatic rings. The summed E-state index contributed by atoms with van der Waals surface area (Å²) in [5, 5.41) is 16.5. The summed E-state index contributed by atoms with van der Waals surface area (Å²) in [6, 6.07) is 11.2. The molecule has 0 aliphatic carbocycles. The third kappa shape index (κ3) is 4.68. The van der Waals surface area contributed by atoms with Gasteiger partial charge in [-0.2, -0.15) is 25.0 Å². The standard InChI is InChI=1S/C20H21N7O2/c1-12-5-7-13(8-6-12)24-16-9-14(10-21)25-19(26-16)27-17(22)15(11-23-27)18(28)29-20(2,3)4/h5-9,11H,22H2,1-4H3,(H,24,25,26). The second-order valence-electron chi connectivity index (χ2n) is 7.40. The van der Waals surface area contributed by atoms with Crippen molar-refractivity contribution in [1.29, 1.82) is 5.26 Å². The van der Waals surface area contributed by atoms with Crippen LogP contribution in [0.4, 0.5) is 17.3 Å². The summed E-state index contributed by atoms with van der Waals surface area (Å²) in [5.74, 6) is -0.124. The lowest BCUT2D eigenvalue weighted by Gasteiger charge is -2.19. The van der Waals surface area contributed by atoms with Crippen molar-refractivity contribution in [2.24, 2.45) is 0 Å². The lowest BCUT2D eigenvalue weighted by molar-refractivity contribution is 0.00708. The molecule has 3 aromatic rings. The Morgan fingerprint density at radius 2 is 1.93 bits per heavy atom. The molecule has 0 aliphatic heterocycles. The number of nitrogens with two attached hydrogens (primary N) is 1. The van der Waals surface area contributed by atoms with Crippen LogP contribution in [0, 0.1) is 18.3 Å². The summed E-state index contributed by atoms with van der Waals surface area (Å²) in [6.07, 6.45) is 1.29. The number of nitrogen functional groups attached to an aromatic ring is 1. The number of esters is 1. The number of hydrogen-bond acceptors (Lipinski definition) is 8. The van der Waals surface area contributed by atoms with Crippen molar-refractivity contribution < 1.29 is 9.53 Å². The lowest BCUT2D eigenvalue weighted by atomic mass is 10.2. The van der Waals surface area contributed by atoms with Crippen molar-refractivity contribution in [2.75, 3.05) is 11.1 Å². The summed E-state index contributed by atoms with van der Waals surface area (Å²) in [5.41, 5.74) is 7.55. The van der Waals surface area contributed by atoms with Gasteiger partial charge in [-0.1, -0.05) is 17.7 Å². The van der Waals surface area contributed by atoms with Crippen molar-refractivity contribution in [3.8, 4) is 12.0 Å². The quantitative estimate of drug-likeness (QED) is 0.648. The predicted octanol–water partition coefficient (Wildman–Crippen LogP) is 3.12. The Balaban J connectivity index is 1.96. The van der Waals surface area contributed by atoms with E-state index in [9.17, 15) is 10.1 Å². The van der Waals surface area contributed by atoms with Gasteiger partial charge in [-0.05, 0) is 39.8 Å². The number of rotatable bonds is 4. The van der Waals surface area contributed by atoms with Crippen LogP contribution in [0.1, 0.15) is 42.4 Å². The first kappa shape index (κ1) is 19.8. The molecule has 0 saturated heterocycles. The fourth-order valence-electron chi connectivity index (χ4n) is 2.44. The van der Waals surface area contributed by atoms with Gasteiger partial charge >= 0.3 is 5.97 Å². The normalized spacial score (nSPS) is 11.0. The van der Waals surface area contributed by atoms with E-state index in [1.807, 2.05) is 37.3 Å². The minimum Gasteiger partial charge on any atom is -0.456 e. The van der Waals surface area contributed by atoms with Gasteiger partial charge in [0.05, 0.1) is 6.20 Å². The summed E-state index contributed by atoms with van der Waals surface area (Å²) in [4.78, 5) is 20.8. The highest BCUT2D eigenvalue weighted by Gasteiger charge is 2.24. The van der Waals surface area contributed by atoms with Gasteiger partial charge in [-0.3, -0.25) is 0 Å². The molecule has 0 radical (unpaired) electrons. The number of nitrogens with zero attached hydrogens (tertiary/aromatic N) is 5. The number of carbonyl (C=O) groups excluding carboxylic acids is 1. The summed E-state index contributed by atoms with van der Waals surface area (Å²) in [7, 11) is 0. The molecule has 3 rings (SSSR count).